The van der Waals surface area contributed by atoms with Crippen molar-refractivity contribution in [3.63, 3.8) is 0 Å². The van der Waals surface area contributed by atoms with Gasteiger partial charge in [-0.3, -0.25) is 4.79 Å². The third-order valence-corrected chi connectivity index (χ3v) is 6.97. The van der Waals surface area contributed by atoms with Gasteiger partial charge in [0.25, 0.3) is 11.6 Å². The van der Waals surface area contributed by atoms with Crippen LogP contribution in [0.4, 0.5) is 13.2 Å². The van der Waals surface area contributed by atoms with Gasteiger partial charge >= 0.3 is 6.18 Å². The fraction of sp³-hybridized carbons (Fsp3) is 0.350. The van der Waals surface area contributed by atoms with Gasteiger partial charge < -0.3 is 9.42 Å². The SMILES string of the molecule is Cc1noc2nc(-c3cccc(C(F)(F)F)c3)cc(C(=O)N3CCC(S(C)(=O)=O)C3)c12. The van der Waals surface area contributed by atoms with Crippen LogP contribution in [0.2, 0.25) is 0 Å². The van der Waals surface area contributed by atoms with E-state index in [4.69, 9.17) is 4.52 Å². The molecule has 3 heterocycles. The minimum atomic E-state index is -4.53. The summed E-state index contributed by atoms with van der Waals surface area (Å²) in [6.07, 6.45) is -3.08. The van der Waals surface area contributed by atoms with Gasteiger partial charge in [-0.2, -0.15) is 13.2 Å². The van der Waals surface area contributed by atoms with E-state index >= 15 is 0 Å². The molecule has 1 aliphatic heterocycles. The molecule has 0 radical (unpaired) electrons. The first-order chi connectivity index (χ1) is 14.4. The van der Waals surface area contributed by atoms with Crippen LogP contribution in [0.25, 0.3) is 22.4 Å². The van der Waals surface area contributed by atoms with Gasteiger partial charge in [-0.1, -0.05) is 17.3 Å². The highest BCUT2D eigenvalue weighted by atomic mass is 32.2. The molecular formula is C20H18F3N3O4S. The van der Waals surface area contributed by atoms with E-state index in [1.807, 2.05) is 0 Å². The van der Waals surface area contributed by atoms with E-state index in [0.717, 1.165) is 18.4 Å². The largest absolute Gasteiger partial charge is 0.416 e. The topological polar surface area (TPSA) is 93.4 Å². The molecule has 31 heavy (non-hydrogen) atoms. The third kappa shape index (κ3) is 4.01. The van der Waals surface area contributed by atoms with Crippen LogP contribution in [0.5, 0.6) is 0 Å². The van der Waals surface area contributed by atoms with Crippen molar-refractivity contribution < 1.29 is 30.9 Å². The highest BCUT2D eigenvalue weighted by molar-refractivity contribution is 7.91. The smallest absolute Gasteiger partial charge is 0.337 e. The maximum absolute atomic E-state index is 13.2. The number of fused-ring (bicyclic) bond motifs is 1. The Morgan fingerprint density at radius 3 is 2.65 bits per heavy atom. The summed E-state index contributed by atoms with van der Waals surface area (Å²) in [7, 11) is -3.30. The number of carbonyl (C=O) groups is 1. The Balaban J connectivity index is 1.79. The number of benzene rings is 1. The number of rotatable bonds is 3. The highest BCUT2D eigenvalue weighted by Crippen LogP contribution is 2.34. The molecule has 1 amide bonds. The zero-order valence-electron chi connectivity index (χ0n) is 16.6. The lowest BCUT2D eigenvalue weighted by atomic mass is 10.0. The summed E-state index contributed by atoms with van der Waals surface area (Å²) >= 11 is 0. The van der Waals surface area contributed by atoms with Crippen LogP contribution in [0.3, 0.4) is 0 Å². The molecule has 1 aliphatic rings. The molecule has 7 nitrogen and oxygen atoms in total. The summed E-state index contributed by atoms with van der Waals surface area (Å²) in [5.41, 5.74) is 0.0246. The van der Waals surface area contributed by atoms with E-state index in [2.05, 4.69) is 10.1 Å². The molecule has 3 aromatic rings. The minimum absolute atomic E-state index is 0.0228. The van der Waals surface area contributed by atoms with E-state index in [1.165, 1.54) is 23.1 Å². The molecule has 1 aromatic carbocycles. The lowest BCUT2D eigenvalue weighted by Gasteiger charge is -2.17. The molecule has 1 atom stereocenters. The third-order valence-electron chi connectivity index (χ3n) is 5.37. The van der Waals surface area contributed by atoms with Gasteiger partial charge in [0, 0.05) is 24.9 Å². The minimum Gasteiger partial charge on any atom is -0.337 e. The van der Waals surface area contributed by atoms with Gasteiger partial charge in [0.2, 0.25) is 0 Å². The average molecular weight is 453 g/mol. The maximum Gasteiger partial charge on any atom is 0.416 e. The van der Waals surface area contributed by atoms with Crippen LogP contribution in [-0.2, 0) is 16.0 Å². The van der Waals surface area contributed by atoms with Crippen molar-refractivity contribution in [2.24, 2.45) is 0 Å². The Labute approximate surface area is 175 Å². The number of alkyl halides is 3. The summed E-state index contributed by atoms with van der Waals surface area (Å²) in [5, 5.41) is 3.53. The Morgan fingerprint density at radius 2 is 2.00 bits per heavy atom. The van der Waals surface area contributed by atoms with E-state index in [9.17, 15) is 26.4 Å². The van der Waals surface area contributed by atoms with Gasteiger partial charge in [-0.05, 0) is 31.5 Å². The van der Waals surface area contributed by atoms with Crippen molar-refractivity contribution in [3.8, 4) is 11.3 Å². The number of sulfone groups is 1. The summed E-state index contributed by atoms with van der Waals surface area (Å²) in [5.74, 6) is -0.446. The molecule has 0 aliphatic carbocycles. The van der Waals surface area contributed by atoms with Crippen molar-refractivity contribution in [1.29, 1.82) is 0 Å². The Morgan fingerprint density at radius 1 is 1.26 bits per heavy atom. The van der Waals surface area contributed by atoms with Gasteiger partial charge in [-0.25, -0.2) is 13.4 Å². The summed E-state index contributed by atoms with van der Waals surface area (Å²) in [6.45, 7) is 1.92. The number of aryl methyl sites for hydroxylation is 1. The lowest BCUT2D eigenvalue weighted by Crippen LogP contribution is -2.31. The molecule has 1 unspecified atom stereocenters. The standard InChI is InChI=1S/C20H18F3N3O4S/c1-11-17-15(19(27)26-7-6-14(10-26)31(2,28)29)9-16(24-18(17)30-25-11)12-4-3-5-13(8-12)20(21,22)23/h3-5,8-9,14H,6-7,10H2,1-2H3. The first-order valence-corrected chi connectivity index (χ1v) is 11.3. The Bertz CT molecular complexity index is 1280. The molecule has 1 fully saturated rings. The van der Waals surface area contributed by atoms with E-state index in [-0.39, 0.29) is 35.6 Å². The number of hydrogen-bond acceptors (Lipinski definition) is 6. The van der Waals surface area contributed by atoms with Gasteiger partial charge in [0.1, 0.15) is 0 Å². The van der Waals surface area contributed by atoms with Gasteiger partial charge in [0.05, 0.1) is 33.2 Å². The second kappa shape index (κ2) is 7.33. The van der Waals surface area contributed by atoms with Crippen molar-refractivity contribution in [2.75, 3.05) is 19.3 Å². The van der Waals surface area contributed by atoms with Crippen molar-refractivity contribution in [2.45, 2.75) is 24.8 Å². The lowest BCUT2D eigenvalue weighted by molar-refractivity contribution is -0.137. The second-order valence-electron chi connectivity index (χ2n) is 7.57. The van der Waals surface area contributed by atoms with Crippen molar-refractivity contribution in [1.82, 2.24) is 15.0 Å². The molecule has 4 rings (SSSR count). The predicted octanol–water partition coefficient (Wildman–Crippen LogP) is 3.48. The number of amides is 1. The quantitative estimate of drug-likeness (QED) is 0.603. The summed E-state index contributed by atoms with van der Waals surface area (Å²) in [6, 6.07) is 6.01. The van der Waals surface area contributed by atoms with Crippen LogP contribution in [-0.4, -0.2) is 54.0 Å². The molecule has 2 aromatic heterocycles. The number of halogens is 3. The fourth-order valence-corrected chi connectivity index (χ4v) is 4.68. The average Bonchev–Trinajstić information content (AvgIpc) is 3.34. The number of likely N-dealkylation sites (tertiary alicyclic amines) is 1. The zero-order chi connectivity index (χ0) is 22.6. The monoisotopic (exact) mass is 453 g/mol. The maximum atomic E-state index is 13.2. The van der Waals surface area contributed by atoms with Crippen LogP contribution in [0, 0.1) is 6.92 Å². The normalized spacial score (nSPS) is 17.5. The van der Waals surface area contributed by atoms with Crippen LogP contribution >= 0.6 is 0 Å². The van der Waals surface area contributed by atoms with Crippen LogP contribution in [0.15, 0.2) is 34.9 Å². The first kappa shape index (κ1) is 21.3. The van der Waals surface area contributed by atoms with E-state index < -0.39 is 32.7 Å². The molecule has 11 heteroatoms. The first-order valence-electron chi connectivity index (χ1n) is 9.38. The van der Waals surface area contributed by atoms with Crippen LogP contribution < -0.4 is 0 Å². The van der Waals surface area contributed by atoms with Gasteiger partial charge in [-0.15, -0.1) is 0 Å². The highest BCUT2D eigenvalue weighted by Gasteiger charge is 2.35. The number of aromatic nitrogens is 2. The molecule has 1 saturated heterocycles. The Hall–Kier alpha value is -2.95. The molecule has 164 valence electrons. The molecule has 0 N–H and O–H groups in total. The number of nitrogens with zero attached hydrogens (tertiary/aromatic N) is 3. The van der Waals surface area contributed by atoms with E-state index in [1.54, 1.807) is 6.92 Å². The predicted molar refractivity (Wildman–Crippen MR) is 106 cm³/mol. The van der Waals surface area contributed by atoms with Crippen molar-refractivity contribution in [3.05, 3.63) is 47.2 Å². The van der Waals surface area contributed by atoms with Crippen LogP contribution in [0.1, 0.15) is 28.0 Å². The summed E-state index contributed by atoms with van der Waals surface area (Å²) in [4.78, 5) is 18.9. The van der Waals surface area contributed by atoms with Crippen molar-refractivity contribution >= 4 is 26.8 Å². The number of hydrogen-bond donors (Lipinski definition) is 0. The summed E-state index contributed by atoms with van der Waals surface area (Å²) < 4.78 is 68.3. The molecule has 0 bridgehead atoms. The zero-order valence-corrected chi connectivity index (χ0v) is 17.4. The Kier molecular flexibility index (Phi) is 5.03. The second-order valence-corrected chi connectivity index (χ2v) is 9.90. The molecule has 0 saturated carbocycles. The number of carbonyl (C=O) groups excluding carboxylic acids is 1. The fourth-order valence-electron chi connectivity index (χ4n) is 3.70. The number of pyridine rings is 1. The molecular weight excluding hydrogens is 435 g/mol. The van der Waals surface area contributed by atoms with E-state index in [0.29, 0.717) is 17.5 Å². The van der Waals surface area contributed by atoms with Gasteiger partial charge in [0.15, 0.2) is 9.84 Å². The molecule has 0 spiro atoms.